The SMILES string of the molecule is O=C1CCC(N2C(=O)c3ccc(CNC4(c5nn[nH]n5)CCNCC4)cc3C2=O)C(=O)N1. The van der Waals surface area contributed by atoms with Gasteiger partial charge in [0, 0.05) is 13.0 Å². The van der Waals surface area contributed by atoms with Crippen LogP contribution < -0.4 is 16.0 Å². The Labute approximate surface area is 182 Å². The monoisotopic (exact) mass is 438 g/mol. The van der Waals surface area contributed by atoms with Crippen molar-refractivity contribution in [1.82, 2.24) is 41.5 Å². The van der Waals surface area contributed by atoms with E-state index in [9.17, 15) is 19.2 Å². The van der Waals surface area contributed by atoms with Crippen LogP contribution in [0.1, 0.15) is 57.8 Å². The molecule has 1 aromatic carbocycles. The molecule has 4 amide bonds. The molecule has 12 heteroatoms. The molecule has 5 rings (SSSR count). The molecule has 4 N–H and O–H groups in total. The molecule has 1 aromatic heterocycles. The second-order valence-electron chi connectivity index (χ2n) is 8.25. The molecule has 0 aliphatic carbocycles. The largest absolute Gasteiger partial charge is 0.317 e. The molecule has 32 heavy (non-hydrogen) atoms. The van der Waals surface area contributed by atoms with Crippen molar-refractivity contribution in [3.63, 3.8) is 0 Å². The Bertz CT molecular complexity index is 1090. The summed E-state index contributed by atoms with van der Waals surface area (Å²) in [5, 5.41) is 23.6. The maximum atomic E-state index is 13.0. The molecule has 0 radical (unpaired) electrons. The van der Waals surface area contributed by atoms with Gasteiger partial charge in [0.15, 0.2) is 5.82 Å². The standard InChI is InChI=1S/C20H22N8O4/c29-15-4-3-14(16(30)23-15)28-17(31)12-2-1-11(9-13(12)18(28)32)10-22-20(5-7-21-8-6-20)19-24-26-27-25-19/h1-2,9,14,21-22H,3-8,10H2,(H,23,29,30)(H,24,25,26,27). The van der Waals surface area contributed by atoms with Gasteiger partial charge in [0.1, 0.15) is 6.04 Å². The number of fused-ring (bicyclic) bond motifs is 1. The van der Waals surface area contributed by atoms with Gasteiger partial charge in [-0.1, -0.05) is 11.3 Å². The lowest BCUT2D eigenvalue weighted by Gasteiger charge is -2.36. The van der Waals surface area contributed by atoms with Crippen LogP contribution in [0.15, 0.2) is 18.2 Å². The van der Waals surface area contributed by atoms with Crippen LogP contribution in [-0.4, -0.2) is 68.3 Å². The van der Waals surface area contributed by atoms with E-state index in [0.29, 0.717) is 12.4 Å². The van der Waals surface area contributed by atoms with E-state index in [-0.39, 0.29) is 24.0 Å². The first-order chi connectivity index (χ1) is 15.5. The van der Waals surface area contributed by atoms with Crippen LogP contribution in [-0.2, 0) is 21.7 Å². The number of carbonyl (C=O) groups excluding carboxylic acids is 4. The molecule has 2 saturated heterocycles. The minimum Gasteiger partial charge on any atom is -0.317 e. The van der Waals surface area contributed by atoms with Crippen molar-refractivity contribution in [1.29, 1.82) is 0 Å². The number of rotatable bonds is 5. The molecule has 0 saturated carbocycles. The number of H-pyrrole nitrogens is 1. The highest BCUT2D eigenvalue weighted by atomic mass is 16.2. The highest BCUT2D eigenvalue weighted by molar-refractivity contribution is 6.23. The third-order valence-corrected chi connectivity index (χ3v) is 6.37. The second-order valence-corrected chi connectivity index (χ2v) is 8.25. The van der Waals surface area contributed by atoms with Gasteiger partial charge in [-0.3, -0.25) is 29.4 Å². The number of nitrogens with one attached hydrogen (secondary N) is 4. The Kier molecular flexibility index (Phi) is 5.02. The van der Waals surface area contributed by atoms with Crippen molar-refractivity contribution < 1.29 is 19.2 Å². The number of aromatic nitrogens is 4. The molecule has 1 atom stereocenters. The van der Waals surface area contributed by atoms with Gasteiger partial charge in [0.05, 0.1) is 16.7 Å². The zero-order valence-corrected chi connectivity index (χ0v) is 17.2. The summed E-state index contributed by atoms with van der Waals surface area (Å²) >= 11 is 0. The van der Waals surface area contributed by atoms with Gasteiger partial charge in [0.2, 0.25) is 11.8 Å². The normalized spacial score (nSPS) is 22.8. The molecule has 4 heterocycles. The minimum absolute atomic E-state index is 0.0893. The van der Waals surface area contributed by atoms with E-state index in [1.165, 1.54) is 0 Å². The highest BCUT2D eigenvalue weighted by Gasteiger charge is 2.44. The smallest absolute Gasteiger partial charge is 0.262 e. The lowest BCUT2D eigenvalue weighted by atomic mass is 9.87. The number of carbonyl (C=O) groups is 4. The predicted octanol–water partition coefficient (Wildman–Crippen LogP) is -1.03. The number of imide groups is 2. The van der Waals surface area contributed by atoms with Crippen LogP contribution in [0.3, 0.4) is 0 Å². The number of amides is 4. The summed E-state index contributed by atoms with van der Waals surface area (Å²) in [5.41, 5.74) is 0.892. The average Bonchev–Trinajstić information content (AvgIpc) is 3.42. The van der Waals surface area contributed by atoms with E-state index < -0.39 is 35.2 Å². The lowest BCUT2D eigenvalue weighted by Crippen LogP contribution is -2.54. The second kappa shape index (κ2) is 7.88. The summed E-state index contributed by atoms with van der Waals surface area (Å²) < 4.78 is 0. The van der Waals surface area contributed by atoms with E-state index >= 15 is 0 Å². The van der Waals surface area contributed by atoms with Gasteiger partial charge in [-0.05, 0) is 50.0 Å². The Balaban J connectivity index is 1.36. The Morgan fingerprint density at radius 1 is 1.09 bits per heavy atom. The molecule has 1 unspecified atom stereocenters. The van der Waals surface area contributed by atoms with E-state index in [0.717, 1.165) is 36.4 Å². The Hall–Kier alpha value is -3.51. The summed E-state index contributed by atoms with van der Waals surface area (Å²) in [6.07, 6.45) is 1.77. The molecule has 2 aromatic rings. The predicted molar refractivity (Wildman–Crippen MR) is 108 cm³/mol. The van der Waals surface area contributed by atoms with E-state index in [2.05, 4.69) is 36.6 Å². The van der Waals surface area contributed by atoms with Crippen LogP contribution in [0.25, 0.3) is 0 Å². The first-order valence-corrected chi connectivity index (χ1v) is 10.5. The molecule has 3 aliphatic heterocycles. The van der Waals surface area contributed by atoms with Crippen molar-refractivity contribution >= 4 is 23.6 Å². The molecule has 0 spiro atoms. The third kappa shape index (κ3) is 3.37. The van der Waals surface area contributed by atoms with Crippen LogP contribution in [0.5, 0.6) is 0 Å². The van der Waals surface area contributed by atoms with Gasteiger partial charge in [-0.15, -0.1) is 10.2 Å². The summed E-state index contributed by atoms with van der Waals surface area (Å²) in [4.78, 5) is 50.5. The topological polar surface area (TPSA) is 162 Å². The molecular formula is C20H22N8O4. The quantitative estimate of drug-likeness (QED) is 0.428. The van der Waals surface area contributed by atoms with Crippen LogP contribution >= 0.6 is 0 Å². The summed E-state index contributed by atoms with van der Waals surface area (Å²) in [7, 11) is 0. The molecular weight excluding hydrogens is 416 g/mol. The number of nitrogens with zero attached hydrogens (tertiary/aromatic N) is 4. The van der Waals surface area contributed by atoms with E-state index in [4.69, 9.17) is 0 Å². The molecule has 12 nitrogen and oxygen atoms in total. The molecule has 2 fully saturated rings. The lowest BCUT2D eigenvalue weighted by molar-refractivity contribution is -0.136. The fourth-order valence-electron chi connectivity index (χ4n) is 4.60. The van der Waals surface area contributed by atoms with Gasteiger partial charge in [-0.25, -0.2) is 0 Å². The number of hydrogen-bond donors (Lipinski definition) is 4. The Morgan fingerprint density at radius 2 is 1.88 bits per heavy atom. The van der Waals surface area contributed by atoms with Gasteiger partial charge in [0.25, 0.3) is 11.8 Å². The van der Waals surface area contributed by atoms with Crippen LogP contribution in [0.4, 0.5) is 0 Å². The fraction of sp³-hybridized carbons (Fsp3) is 0.450. The van der Waals surface area contributed by atoms with Crippen molar-refractivity contribution in [2.45, 2.75) is 43.8 Å². The zero-order valence-electron chi connectivity index (χ0n) is 17.2. The summed E-state index contributed by atoms with van der Waals surface area (Å²) in [6, 6.07) is 4.11. The van der Waals surface area contributed by atoms with Crippen LogP contribution in [0.2, 0.25) is 0 Å². The molecule has 3 aliphatic rings. The summed E-state index contributed by atoms with van der Waals surface area (Å²) in [5.74, 6) is -1.46. The first kappa shape index (κ1) is 20.4. The number of benzene rings is 1. The molecule has 0 bridgehead atoms. The first-order valence-electron chi connectivity index (χ1n) is 10.5. The summed E-state index contributed by atoms with van der Waals surface area (Å²) in [6.45, 7) is 2.04. The number of aromatic amines is 1. The Morgan fingerprint density at radius 3 is 2.59 bits per heavy atom. The van der Waals surface area contributed by atoms with Gasteiger partial charge >= 0.3 is 0 Å². The van der Waals surface area contributed by atoms with Gasteiger partial charge < -0.3 is 10.6 Å². The number of piperidine rings is 2. The third-order valence-electron chi connectivity index (χ3n) is 6.37. The number of hydrogen-bond acceptors (Lipinski definition) is 9. The van der Waals surface area contributed by atoms with Gasteiger partial charge in [-0.2, -0.15) is 5.21 Å². The van der Waals surface area contributed by atoms with Crippen molar-refractivity contribution in [3.05, 3.63) is 40.7 Å². The minimum atomic E-state index is -0.974. The maximum Gasteiger partial charge on any atom is 0.262 e. The number of tetrazole rings is 1. The van der Waals surface area contributed by atoms with E-state index in [1.54, 1.807) is 18.2 Å². The average molecular weight is 438 g/mol. The van der Waals surface area contributed by atoms with Crippen molar-refractivity contribution in [2.75, 3.05) is 13.1 Å². The highest BCUT2D eigenvalue weighted by Crippen LogP contribution is 2.30. The fourth-order valence-corrected chi connectivity index (χ4v) is 4.60. The zero-order chi connectivity index (χ0) is 22.3. The van der Waals surface area contributed by atoms with Crippen molar-refractivity contribution in [2.24, 2.45) is 0 Å². The van der Waals surface area contributed by atoms with Crippen molar-refractivity contribution in [3.8, 4) is 0 Å². The van der Waals surface area contributed by atoms with Crippen LogP contribution in [0, 0.1) is 0 Å². The molecule has 166 valence electrons. The van der Waals surface area contributed by atoms with E-state index in [1.807, 2.05) is 0 Å². The maximum absolute atomic E-state index is 13.0.